The van der Waals surface area contributed by atoms with E-state index in [4.69, 9.17) is 0 Å². The van der Waals surface area contributed by atoms with Gasteiger partial charge in [0.2, 0.25) is 0 Å². The summed E-state index contributed by atoms with van der Waals surface area (Å²) in [4.78, 5) is 8.09. The van der Waals surface area contributed by atoms with Crippen LogP contribution in [0.3, 0.4) is 0 Å². The van der Waals surface area contributed by atoms with E-state index in [1.54, 1.807) is 0 Å². The molecule has 3 nitrogen and oxygen atoms in total. The number of nitrogens with zero attached hydrogens (tertiary/aromatic N) is 1. The molecule has 1 aliphatic rings. The van der Waals surface area contributed by atoms with Crippen LogP contribution in [0.15, 0.2) is 6.20 Å². The molecule has 0 bridgehead atoms. The van der Waals surface area contributed by atoms with Crippen LogP contribution in [-0.2, 0) is 6.54 Å². The van der Waals surface area contributed by atoms with Crippen LogP contribution in [0.4, 0.5) is 0 Å². The lowest BCUT2D eigenvalue weighted by Crippen LogP contribution is -2.19. The van der Waals surface area contributed by atoms with Gasteiger partial charge in [0.1, 0.15) is 5.82 Å². The van der Waals surface area contributed by atoms with Crippen molar-refractivity contribution in [2.75, 3.05) is 6.54 Å². The third kappa shape index (κ3) is 4.13. The van der Waals surface area contributed by atoms with E-state index in [1.165, 1.54) is 50.0 Å². The molecule has 2 N–H and O–H groups in total. The predicted octanol–water partition coefficient (Wildman–Crippen LogP) is 3.59. The number of H-pyrrole nitrogens is 1. The minimum atomic E-state index is 0.673. The molecule has 1 aromatic rings. The van der Waals surface area contributed by atoms with Crippen LogP contribution in [0.5, 0.6) is 0 Å². The van der Waals surface area contributed by atoms with Gasteiger partial charge in [-0.1, -0.05) is 39.5 Å². The SMILES string of the molecule is CC(C)CNCc1cnc(C2CCCCCC2)[nH]1. The minimum absolute atomic E-state index is 0.673. The highest BCUT2D eigenvalue weighted by atomic mass is 15.0. The molecule has 0 spiro atoms. The lowest BCUT2D eigenvalue weighted by atomic mass is 10.00. The molecular formula is C15H27N3. The molecule has 1 aromatic heterocycles. The average molecular weight is 249 g/mol. The van der Waals surface area contributed by atoms with Crippen molar-refractivity contribution in [2.45, 2.75) is 64.8 Å². The number of imidazole rings is 1. The van der Waals surface area contributed by atoms with Gasteiger partial charge in [0.25, 0.3) is 0 Å². The van der Waals surface area contributed by atoms with Gasteiger partial charge in [-0.3, -0.25) is 0 Å². The van der Waals surface area contributed by atoms with Crippen molar-refractivity contribution in [1.29, 1.82) is 0 Å². The Morgan fingerprint density at radius 1 is 1.28 bits per heavy atom. The molecule has 0 atom stereocenters. The lowest BCUT2D eigenvalue weighted by molar-refractivity contribution is 0.544. The monoisotopic (exact) mass is 249 g/mol. The Morgan fingerprint density at radius 3 is 2.67 bits per heavy atom. The average Bonchev–Trinajstić information content (AvgIpc) is 2.63. The summed E-state index contributed by atoms with van der Waals surface area (Å²) in [5.74, 6) is 2.60. The Balaban J connectivity index is 1.84. The maximum Gasteiger partial charge on any atom is 0.109 e. The number of hydrogen-bond acceptors (Lipinski definition) is 2. The van der Waals surface area contributed by atoms with Crippen molar-refractivity contribution < 1.29 is 0 Å². The van der Waals surface area contributed by atoms with Crippen LogP contribution in [-0.4, -0.2) is 16.5 Å². The van der Waals surface area contributed by atoms with Gasteiger partial charge in [-0.05, 0) is 25.3 Å². The van der Waals surface area contributed by atoms with Crippen molar-refractivity contribution in [2.24, 2.45) is 5.92 Å². The molecule has 2 rings (SSSR count). The molecule has 0 unspecified atom stereocenters. The highest BCUT2D eigenvalue weighted by Crippen LogP contribution is 2.29. The Bertz CT molecular complexity index is 335. The third-order valence-electron chi connectivity index (χ3n) is 3.76. The smallest absolute Gasteiger partial charge is 0.109 e. The molecule has 0 aliphatic heterocycles. The van der Waals surface area contributed by atoms with Crippen LogP contribution in [0.25, 0.3) is 0 Å². The number of hydrogen-bond donors (Lipinski definition) is 2. The van der Waals surface area contributed by atoms with E-state index in [9.17, 15) is 0 Å². The maximum absolute atomic E-state index is 4.58. The van der Waals surface area contributed by atoms with E-state index < -0.39 is 0 Å². The zero-order chi connectivity index (χ0) is 12.8. The van der Waals surface area contributed by atoms with E-state index in [0.717, 1.165) is 13.1 Å². The molecule has 3 heteroatoms. The Morgan fingerprint density at radius 2 is 2.00 bits per heavy atom. The molecule has 0 amide bonds. The van der Waals surface area contributed by atoms with E-state index in [2.05, 4.69) is 29.1 Å². The number of rotatable bonds is 5. The topological polar surface area (TPSA) is 40.7 Å². The van der Waals surface area contributed by atoms with Crippen molar-refractivity contribution >= 4 is 0 Å². The standard InChI is InChI=1S/C15H27N3/c1-12(2)9-16-10-14-11-17-15(18-14)13-7-5-3-4-6-8-13/h11-13,16H,3-10H2,1-2H3,(H,17,18). The summed E-state index contributed by atoms with van der Waals surface area (Å²) in [6.07, 6.45) is 10.2. The minimum Gasteiger partial charge on any atom is -0.345 e. The first-order valence-electron chi connectivity index (χ1n) is 7.50. The van der Waals surface area contributed by atoms with Gasteiger partial charge in [0.15, 0.2) is 0 Å². The van der Waals surface area contributed by atoms with Gasteiger partial charge < -0.3 is 10.3 Å². The second-order valence-corrected chi connectivity index (χ2v) is 6.01. The van der Waals surface area contributed by atoms with E-state index >= 15 is 0 Å². The zero-order valence-corrected chi connectivity index (χ0v) is 11.8. The van der Waals surface area contributed by atoms with Gasteiger partial charge in [-0.15, -0.1) is 0 Å². The summed E-state index contributed by atoms with van der Waals surface area (Å²) >= 11 is 0. The fraction of sp³-hybridized carbons (Fsp3) is 0.800. The Labute approximate surface area is 111 Å². The van der Waals surface area contributed by atoms with Crippen molar-refractivity contribution in [1.82, 2.24) is 15.3 Å². The first-order chi connectivity index (χ1) is 8.75. The highest BCUT2D eigenvalue weighted by molar-refractivity contribution is 5.05. The van der Waals surface area contributed by atoms with Gasteiger partial charge in [0, 0.05) is 24.4 Å². The first kappa shape index (κ1) is 13.6. The number of aromatic nitrogens is 2. The first-order valence-corrected chi connectivity index (χ1v) is 7.50. The van der Waals surface area contributed by atoms with Gasteiger partial charge >= 0.3 is 0 Å². The predicted molar refractivity (Wildman–Crippen MR) is 75.6 cm³/mol. The van der Waals surface area contributed by atoms with Gasteiger partial charge in [-0.25, -0.2) is 4.98 Å². The molecule has 1 saturated carbocycles. The quantitative estimate of drug-likeness (QED) is 0.783. The molecule has 1 aliphatic carbocycles. The number of nitrogens with one attached hydrogen (secondary N) is 2. The summed E-state index contributed by atoms with van der Waals surface area (Å²) in [7, 11) is 0. The van der Waals surface area contributed by atoms with Crippen LogP contribution < -0.4 is 5.32 Å². The largest absolute Gasteiger partial charge is 0.345 e. The zero-order valence-electron chi connectivity index (χ0n) is 11.8. The fourth-order valence-electron chi connectivity index (χ4n) is 2.72. The van der Waals surface area contributed by atoms with E-state index in [0.29, 0.717) is 11.8 Å². The normalized spacial score (nSPS) is 18.2. The van der Waals surface area contributed by atoms with Crippen molar-refractivity contribution in [3.8, 4) is 0 Å². The molecule has 0 saturated heterocycles. The Kier molecular flexibility index (Phi) is 5.24. The third-order valence-corrected chi connectivity index (χ3v) is 3.76. The molecule has 18 heavy (non-hydrogen) atoms. The molecule has 1 heterocycles. The van der Waals surface area contributed by atoms with Crippen LogP contribution in [0.1, 0.15) is 69.8 Å². The summed E-state index contributed by atoms with van der Waals surface area (Å²) in [5.41, 5.74) is 1.23. The summed E-state index contributed by atoms with van der Waals surface area (Å²) < 4.78 is 0. The molecule has 0 radical (unpaired) electrons. The molecule has 1 fully saturated rings. The van der Waals surface area contributed by atoms with Crippen molar-refractivity contribution in [3.63, 3.8) is 0 Å². The molecule has 102 valence electrons. The summed E-state index contributed by atoms with van der Waals surface area (Å²) in [5, 5.41) is 3.46. The Hall–Kier alpha value is -0.830. The van der Waals surface area contributed by atoms with Crippen LogP contribution >= 0.6 is 0 Å². The number of aromatic amines is 1. The van der Waals surface area contributed by atoms with Crippen LogP contribution in [0.2, 0.25) is 0 Å². The van der Waals surface area contributed by atoms with Crippen molar-refractivity contribution in [3.05, 3.63) is 17.7 Å². The fourth-order valence-corrected chi connectivity index (χ4v) is 2.72. The van der Waals surface area contributed by atoms with E-state index in [-0.39, 0.29) is 0 Å². The second-order valence-electron chi connectivity index (χ2n) is 6.01. The van der Waals surface area contributed by atoms with E-state index in [1.807, 2.05) is 6.20 Å². The maximum atomic E-state index is 4.58. The molecule has 0 aromatic carbocycles. The van der Waals surface area contributed by atoms with Gasteiger partial charge in [-0.2, -0.15) is 0 Å². The highest BCUT2D eigenvalue weighted by Gasteiger charge is 2.17. The summed E-state index contributed by atoms with van der Waals surface area (Å²) in [6, 6.07) is 0. The summed E-state index contributed by atoms with van der Waals surface area (Å²) in [6.45, 7) is 6.45. The lowest BCUT2D eigenvalue weighted by Gasteiger charge is -2.10. The molecular weight excluding hydrogens is 222 g/mol. The van der Waals surface area contributed by atoms with Gasteiger partial charge in [0.05, 0.1) is 0 Å². The second kappa shape index (κ2) is 6.93. The van der Waals surface area contributed by atoms with Crippen LogP contribution in [0, 0.1) is 5.92 Å².